The summed E-state index contributed by atoms with van der Waals surface area (Å²) in [4.78, 5) is 77.8. The lowest BCUT2D eigenvalue weighted by molar-refractivity contribution is -0.400. The second kappa shape index (κ2) is 43.2. The number of aliphatic carboxylic acids is 2. The van der Waals surface area contributed by atoms with E-state index in [9.17, 15) is 172 Å². The first kappa shape index (κ1) is 102. The van der Waals surface area contributed by atoms with E-state index >= 15 is 0 Å². The summed E-state index contributed by atoms with van der Waals surface area (Å²) in [5, 5.41) is 320. The number of hydrogen-bond acceptors (Lipinski definition) is 49. The molecule has 0 spiro atoms. The Morgan fingerprint density at radius 3 is 1.24 bits per heavy atom. The molecule has 9 fully saturated rings. The van der Waals surface area contributed by atoms with Gasteiger partial charge in [0.25, 0.3) is 11.6 Å². The molecular weight excluding hydrogens is 1690 g/mol. The molecule has 55 nitrogen and oxygen atoms in total. The van der Waals surface area contributed by atoms with Crippen LogP contribution in [0.2, 0.25) is 0 Å². The third-order valence-electron chi connectivity index (χ3n) is 22.3. The number of carbonyl (C=O) groups excluding carboxylic acids is 4. The molecule has 9 heterocycles. The van der Waals surface area contributed by atoms with E-state index in [1.807, 2.05) is 0 Å². The Kier molecular flexibility index (Phi) is 35.8. The second-order valence-corrected chi connectivity index (χ2v) is 31.0. The topological polar surface area (TPSA) is 874 Å². The standard InChI is InChI=1S/C68H112N4O51/c1-16-35(87)42(94)46(98)61(109-16)118-52-28(13-78)113-60(34(72-20(5)82)55(52)119-64-49(101)57(39(91)25(10-75)111-64)123-68(66(105)106)7-22(84)32(70-18(3)80)54(122-68)37(89)24(86)9-74)120-56-40(92)29(114-63(48(56)100)117-51-26(11-76)110-58(102)45(97)44(51)96)14-107-59-33(71-19(4)81)41(93)50(27(12-77)112-59)116-62-47(99)43(95)38(90)30(115-62)15-108-67(65(103)104)6-21(83)31(69-17(2)79)53(121-67)36(88)23(85)8-73/h16,21-64,73-78,83-102H,6-15H2,1-5H3,(H,69,79)(H,70,80)(H,71,81)(H,72,82)(H,103,104)(H,105,106)/t16-,21-,22-,23+,24+,25+,26+,27+,28+,29+,30+,31+,32+,33+,34+,35+,36+,37+,38-,39-,40-,41+,42+,43-,44+,45+,46-,47+,48+,49+,50+,51+,52+,53+,54+,55+,56-,57-,58?,59+,60-,61-,62-,63-,64-,67+,68-/m0/s1. The Hall–Kier alpha value is -4.90. The maximum absolute atomic E-state index is 13.7. The molecule has 0 aliphatic carbocycles. The van der Waals surface area contributed by atoms with Crippen LogP contribution in [0.3, 0.4) is 0 Å². The first-order chi connectivity index (χ1) is 57.8. The highest BCUT2D eigenvalue weighted by Gasteiger charge is 2.64. The van der Waals surface area contributed by atoms with E-state index in [0.29, 0.717) is 0 Å². The predicted molar refractivity (Wildman–Crippen MR) is 376 cm³/mol. The van der Waals surface area contributed by atoms with Crippen molar-refractivity contribution in [3.05, 3.63) is 0 Å². The fraction of sp³-hybridized carbons (Fsp3) is 0.912. The molecule has 710 valence electrons. The van der Waals surface area contributed by atoms with Gasteiger partial charge in [0, 0.05) is 40.5 Å². The molecule has 0 aromatic rings. The molecule has 4 amide bonds. The summed E-state index contributed by atoms with van der Waals surface area (Å²) in [7, 11) is 0. The zero-order chi connectivity index (χ0) is 91.4. The van der Waals surface area contributed by atoms with Gasteiger partial charge in [-0.15, -0.1) is 0 Å². The van der Waals surface area contributed by atoms with E-state index in [1.54, 1.807) is 0 Å². The fourth-order valence-electron chi connectivity index (χ4n) is 15.7. The minimum absolute atomic E-state index is 0.835. The number of aliphatic hydroxyl groups is 26. The summed E-state index contributed by atoms with van der Waals surface area (Å²) in [6.07, 6.45) is -93.6. The lowest BCUT2D eigenvalue weighted by Gasteiger charge is -2.52. The lowest BCUT2D eigenvalue weighted by Crippen LogP contribution is -2.72. The molecule has 1 unspecified atom stereocenters. The van der Waals surface area contributed by atoms with Gasteiger partial charge < -0.3 is 245 Å². The molecule has 9 aliphatic rings. The first-order valence-corrected chi connectivity index (χ1v) is 38.7. The van der Waals surface area contributed by atoms with Gasteiger partial charge in [0.1, 0.15) is 201 Å². The van der Waals surface area contributed by atoms with Gasteiger partial charge in [-0.05, 0) is 6.92 Å². The van der Waals surface area contributed by atoms with Crippen molar-refractivity contribution < 1.29 is 252 Å². The van der Waals surface area contributed by atoms with E-state index in [1.165, 1.54) is 6.92 Å². The Labute approximate surface area is 694 Å². The molecule has 0 saturated carbocycles. The van der Waals surface area contributed by atoms with Crippen LogP contribution in [0.4, 0.5) is 0 Å². The van der Waals surface area contributed by atoms with Crippen LogP contribution in [0, 0.1) is 0 Å². The summed E-state index contributed by atoms with van der Waals surface area (Å²) < 4.78 is 100. The van der Waals surface area contributed by atoms with E-state index in [0.717, 1.165) is 27.7 Å². The molecular formula is C68H112N4O51. The molecule has 0 radical (unpaired) electrons. The van der Waals surface area contributed by atoms with Crippen molar-refractivity contribution in [1.29, 1.82) is 0 Å². The van der Waals surface area contributed by atoms with E-state index in [2.05, 4.69) is 21.3 Å². The summed E-state index contributed by atoms with van der Waals surface area (Å²) >= 11 is 0. The van der Waals surface area contributed by atoms with Gasteiger partial charge in [-0.3, -0.25) is 19.2 Å². The van der Waals surface area contributed by atoms with Crippen LogP contribution < -0.4 is 21.3 Å². The average Bonchev–Trinajstić information content (AvgIpc) is 0.755. The monoisotopic (exact) mass is 1800 g/mol. The smallest absolute Gasteiger partial charge is 0.364 e. The number of ether oxygens (including phenoxy) is 17. The van der Waals surface area contributed by atoms with Crippen LogP contribution >= 0.6 is 0 Å². The maximum Gasteiger partial charge on any atom is 0.364 e. The number of amides is 4. The summed E-state index contributed by atoms with van der Waals surface area (Å²) in [5.41, 5.74) is 0. The summed E-state index contributed by atoms with van der Waals surface area (Å²) in [6.45, 7) is -5.04. The number of rotatable bonds is 34. The Morgan fingerprint density at radius 1 is 0.358 bits per heavy atom. The van der Waals surface area contributed by atoms with Gasteiger partial charge in [0.2, 0.25) is 23.6 Å². The van der Waals surface area contributed by atoms with Crippen LogP contribution in [-0.4, -0.2) is 519 Å². The average molecular weight is 1800 g/mol. The maximum atomic E-state index is 13.7. The van der Waals surface area contributed by atoms with Gasteiger partial charge >= 0.3 is 11.9 Å². The molecule has 47 atom stereocenters. The molecule has 0 aromatic carbocycles. The normalized spacial score (nSPS) is 46.6. The molecule has 32 N–H and O–H groups in total. The minimum atomic E-state index is -3.40. The van der Waals surface area contributed by atoms with Crippen LogP contribution in [-0.2, 0) is 109 Å². The molecule has 9 aliphatic heterocycles. The van der Waals surface area contributed by atoms with Gasteiger partial charge in [-0.25, -0.2) is 9.59 Å². The third-order valence-corrected chi connectivity index (χ3v) is 22.3. The number of aliphatic hydroxyl groups excluding tert-OH is 26. The quantitative estimate of drug-likeness (QED) is 0.0284. The van der Waals surface area contributed by atoms with Crippen molar-refractivity contribution in [2.45, 2.75) is 335 Å². The molecule has 9 saturated heterocycles. The second-order valence-electron chi connectivity index (χ2n) is 31.0. The van der Waals surface area contributed by atoms with Gasteiger partial charge in [0.15, 0.2) is 44.0 Å². The Balaban J connectivity index is 1.04. The van der Waals surface area contributed by atoms with E-state index in [4.69, 9.17) is 80.5 Å². The Bertz CT molecular complexity index is 3430. The van der Waals surface area contributed by atoms with Crippen LogP contribution in [0.25, 0.3) is 0 Å². The van der Waals surface area contributed by atoms with Crippen LogP contribution in [0.15, 0.2) is 0 Å². The fourth-order valence-corrected chi connectivity index (χ4v) is 15.7. The number of carboxylic acids is 2. The SMILES string of the molecule is CC(=O)N[C@H]1[C@H](OC[C@H]2O[C@@H](O[C@H]3[C@H](O)[C@@H](O)C(O)O[C@@H]3CO)[C@H](O)[C@@H](O[C@@H]3O[C@H](CO)[C@@H](O[C@@H]4O[C@@H](C)[C@@H](O)[C@@H](O)[C@@H]4O)[C@H](O[C@@H]4O[C@H](CO)[C@H](O)[C@H](O[C@]5(C(=O)O)C[C@H](O)[C@@H](NC(C)=O)[C@H]([C@H](O)[C@H](O)CO)O5)[C@H]4O)[C@H]3NC(C)=O)[C@H]2O)O[C@H](CO)[C@@H](O[C@@H]2O[C@H](CO[C@]3(C(=O)O)C[C@H](O)[C@@H](NC(C)=O)[C@H]([C@H](O)[C@H](O)CO)O3)[C@H](O)[C@H](O)[C@H]2O)[C@@H]1O. The summed E-state index contributed by atoms with van der Waals surface area (Å²) in [5.74, 6) is -14.6. The Morgan fingerprint density at radius 2 is 0.740 bits per heavy atom. The van der Waals surface area contributed by atoms with Crippen molar-refractivity contribution in [2.24, 2.45) is 0 Å². The summed E-state index contributed by atoms with van der Waals surface area (Å²) in [6, 6.07) is -7.71. The zero-order valence-corrected chi connectivity index (χ0v) is 66.0. The third kappa shape index (κ3) is 22.4. The number of carbonyl (C=O) groups is 6. The molecule has 123 heavy (non-hydrogen) atoms. The number of carboxylic acid groups (broad SMARTS) is 2. The van der Waals surface area contributed by atoms with Crippen LogP contribution in [0.1, 0.15) is 47.5 Å². The van der Waals surface area contributed by atoms with Crippen molar-refractivity contribution in [3.8, 4) is 0 Å². The molecule has 55 heteroatoms. The van der Waals surface area contributed by atoms with E-state index in [-0.39, 0.29) is 0 Å². The van der Waals surface area contributed by atoms with Crippen molar-refractivity contribution in [2.75, 3.05) is 52.9 Å². The highest BCUT2D eigenvalue weighted by Crippen LogP contribution is 2.43. The molecule has 9 rings (SSSR count). The van der Waals surface area contributed by atoms with Crippen molar-refractivity contribution in [3.63, 3.8) is 0 Å². The van der Waals surface area contributed by atoms with E-state index < -0.39 is 389 Å². The van der Waals surface area contributed by atoms with Crippen LogP contribution in [0.5, 0.6) is 0 Å². The van der Waals surface area contributed by atoms with Crippen molar-refractivity contribution >= 4 is 35.6 Å². The van der Waals surface area contributed by atoms with Crippen molar-refractivity contribution in [1.82, 2.24) is 21.3 Å². The van der Waals surface area contributed by atoms with Gasteiger partial charge in [-0.2, -0.15) is 0 Å². The van der Waals surface area contributed by atoms with Gasteiger partial charge in [-0.1, -0.05) is 0 Å². The first-order valence-electron chi connectivity index (χ1n) is 38.7. The predicted octanol–water partition coefficient (Wildman–Crippen LogP) is -20.6. The molecule has 0 bridgehead atoms. The highest BCUT2D eigenvalue weighted by atomic mass is 16.8. The number of hydrogen-bond donors (Lipinski definition) is 32. The minimum Gasteiger partial charge on any atom is -0.477 e. The van der Waals surface area contributed by atoms with Gasteiger partial charge in [0.05, 0.1) is 83.3 Å². The highest BCUT2D eigenvalue weighted by molar-refractivity contribution is 5.78. The zero-order valence-electron chi connectivity index (χ0n) is 66.0. The number of nitrogens with one attached hydrogen (secondary N) is 4. The lowest BCUT2D eigenvalue weighted by atomic mass is 9.88. The molecule has 0 aromatic heterocycles. The largest absolute Gasteiger partial charge is 0.477 e.